The lowest BCUT2D eigenvalue weighted by atomic mass is 10.0. The van der Waals surface area contributed by atoms with Gasteiger partial charge in [-0.2, -0.15) is 0 Å². The first-order valence-corrected chi connectivity index (χ1v) is 8.48. The monoisotopic (exact) mass is 281 g/mol. The van der Waals surface area contributed by atoms with E-state index < -0.39 is 0 Å². The molecule has 2 aliphatic rings. The Morgan fingerprint density at radius 1 is 1.15 bits per heavy atom. The quantitative estimate of drug-likeness (QED) is 0.835. The molecule has 4 heteroatoms. The fraction of sp³-hybridized carbons (Fsp3) is 0.938. The first-order valence-electron chi connectivity index (χ1n) is 8.48. The normalized spacial score (nSPS) is 23.8. The minimum absolute atomic E-state index is 0.0178. The third-order valence-electron chi connectivity index (χ3n) is 4.65. The summed E-state index contributed by atoms with van der Waals surface area (Å²) in [5.41, 5.74) is 0. The highest BCUT2D eigenvalue weighted by Gasteiger charge is 2.26. The van der Waals surface area contributed by atoms with Crippen LogP contribution in [-0.4, -0.2) is 60.5 Å². The van der Waals surface area contributed by atoms with E-state index in [-0.39, 0.29) is 6.04 Å². The van der Waals surface area contributed by atoms with E-state index in [1.165, 1.54) is 58.2 Å². The summed E-state index contributed by atoms with van der Waals surface area (Å²) in [7, 11) is 0. The molecule has 4 nitrogen and oxygen atoms in total. The van der Waals surface area contributed by atoms with Crippen LogP contribution in [0.3, 0.4) is 0 Å². The van der Waals surface area contributed by atoms with Crippen LogP contribution in [0.15, 0.2) is 0 Å². The van der Waals surface area contributed by atoms with Crippen molar-refractivity contribution in [3.8, 4) is 0 Å². The molecular weight excluding hydrogens is 250 g/mol. The molecule has 0 bridgehead atoms. The molecule has 116 valence electrons. The van der Waals surface area contributed by atoms with E-state index in [0.717, 1.165) is 13.1 Å². The van der Waals surface area contributed by atoms with Crippen LogP contribution in [0.25, 0.3) is 0 Å². The number of carbonyl (C=O) groups excluding carboxylic acids is 1. The van der Waals surface area contributed by atoms with Gasteiger partial charge in [-0.05, 0) is 65.1 Å². The molecule has 2 saturated heterocycles. The van der Waals surface area contributed by atoms with Crippen molar-refractivity contribution in [1.82, 2.24) is 15.1 Å². The number of hydrogen-bond acceptors (Lipinski definition) is 3. The predicted octanol–water partition coefficient (Wildman–Crippen LogP) is 1.85. The zero-order valence-electron chi connectivity index (χ0n) is 13.2. The summed E-state index contributed by atoms with van der Waals surface area (Å²) in [6.45, 7) is 9.76. The van der Waals surface area contributed by atoms with Gasteiger partial charge >= 0.3 is 0 Å². The minimum atomic E-state index is -0.0178. The molecule has 0 aliphatic carbocycles. The van der Waals surface area contributed by atoms with Crippen molar-refractivity contribution in [1.29, 1.82) is 0 Å². The molecule has 20 heavy (non-hydrogen) atoms. The molecule has 0 radical (unpaired) electrons. The number of carbonyl (C=O) groups is 1. The number of nitrogens with zero attached hydrogens (tertiary/aromatic N) is 2. The van der Waals surface area contributed by atoms with E-state index in [1.807, 2.05) is 11.8 Å². The standard InChI is InChI=1S/C16H31N3O/c1-3-9-18-12-7-15(8-13-18)17-14(2)16(20)19-10-5-4-6-11-19/h14-15,17H,3-13H2,1-2H3. The van der Waals surface area contributed by atoms with Gasteiger partial charge in [-0.25, -0.2) is 0 Å². The zero-order valence-corrected chi connectivity index (χ0v) is 13.2. The number of hydrogen-bond donors (Lipinski definition) is 1. The summed E-state index contributed by atoms with van der Waals surface area (Å²) in [4.78, 5) is 17.0. The average molecular weight is 281 g/mol. The highest BCUT2D eigenvalue weighted by Crippen LogP contribution is 2.13. The Hall–Kier alpha value is -0.610. The summed E-state index contributed by atoms with van der Waals surface area (Å²) in [5, 5.41) is 3.56. The molecule has 1 N–H and O–H groups in total. The van der Waals surface area contributed by atoms with E-state index in [2.05, 4.69) is 17.1 Å². The van der Waals surface area contributed by atoms with Gasteiger partial charge in [0.1, 0.15) is 0 Å². The number of nitrogens with one attached hydrogen (secondary N) is 1. The first kappa shape index (κ1) is 15.8. The Kier molecular flexibility index (Phi) is 6.30. The van der Waals surface area contributed by atoms with Gasteiger partial charge in [0.25, 0.3) is 0 Å². The fourth-order valence-electron chi connectivity index (χ4n) is 3.45. The van der Waals surface area contributed by atoms with Crippen LogP contribution in [-0.2, 0) is 4.79 Å². The van der Waals surface area contributed by atoms with Gasteiger partial charge in [0, 0.05) is 19.1 Å². The van der Waals surface area contributed by atoms with E-state index in [9.17, 15) is 4.79 Å². The summed E-state index contributed by atoms with van der Waals surface area (Å²) < 4.78 is 0. The maximum atomic E-state index is 12.4. The van der Waals surface area contributed by atoms with Crippen LogP contribution in [0.4, 0.5) is 0 Å². The van der Waals surface area contributed by atoms with Gasteiger partial charge in [-0.3, -0.25) is 4.79 Å². The zero-order chi connectivity index (χ0) is 14.4. The molecular formula is C16H31N3O. The van der Waals surface area contributed by atoms with Crippen LogP contribution in [0.5, 0.6) is 0 Å². The second-order valence-electron chi connectivity index (χ2n) is 6.39. The minimum Gasteiger partial charge on any atom is -0.341 e. The van der Waals surface area contributed by atoms with Crippen molar-refractivity contribution in [3.63, 3.8) is 0 Å². The topological polar surface area (TPSA) is 35.6 Å². The third-order valence-corrected chi connectivity index (χ3v) is 4.65. The summed E-state index contributed by atoms with van der Waals surface area (Å²) in [5.74, 6) is 0.306. The van der Waals surface area contributed by atoms with Gasteiger partial charge in [-0.1, -0.05) is 6.92 Å². The smallest absolute Gasteiger partial charge is 0.239 e. The van der Waals surface area contributed by atoms with E-state index in [1.54, 1.807) is 0 Å². The molecule has 2 aliphatic heterocycles. The first-order chi connectivity index (χ1) is 9.70. The second kappa shape index (κ2) is 7.99. The van der Waals surface area contributed by atoms with Crippen LogP contribution in [0, 0.1) is 0 Å². The molecule has 1 atom stereocenters. The molecule has 2 heterocycles. The van der Waals surface area contributed by atoms with Crippen LogP contribution in [0.2, 0.25) is 0 Å². The van der Waals surface area contributed by atoms with Gasteiger partial charge in [0.15, 0.2) is 0 Å². The summed E-state index contributed by atoms with van der Waals surface area (Å²) >= 11 is 0. The molecule has 0 saturated carbocycles. The Morgan fingerprint density at radius 3 is 2.40 bits per heavy atom. The molecule has 0 aromatic carbocycles. The van der Waals surface area contributed by atoms with Crippen molar-refractivity contribution in [2.45, 2.75) is 64.5 Å². The molecule has 0 aromatic rings. The molecule has 0 aromatic heterocycles. The number of rotatable bonds is 5. The largest absolute Gasteiger partial charge is 0.341 e. The van der Waals surface area contributed by atoms with E-state index in [0.29, 0.717) is 11.9 Å². The van der Waals surface area contributed by atoms with Crippen LogP contribution < -0.4 is 5.32 Å². The van der Waals surface area contributed by atoms with Crippen LogP contribution >= 0.6 is 0 Å². The highest BCUT2D eigenvalue weighted by molar-refractivity contribution is 5.81. The van der Waals surface area contributed by atoms with Crippen LogP contribution in [0.1, 0.15) is 52.4 Å². The van der Waals surface area contributed by atoms with Crippen molar-refractivity contribution in [2.75, 3.05) is 32.7 Å². The van der Waals surface area contributed by atoms with Crippen molar-refractivity contribution in [3.05, 3.63) is 0 Å². The number of amides is 1. The third kappa shape index (κ3) is 4.45. The van der Waals surface area contributed by atoms with Crippen molar-refractivity contribution in [2.24, 2.45) is 0 Å². The second-order valence-corrected chi connectivity index (χ2v) is 6.39. The Bertz CT molecular complexity index is 294. The Balaban J connectivity index is 1.71. The lowest BCUT2D eigenvalue weighted by Crippen LogP contribution is -2.52. The highest BCUT2D eigenvalue weighted by atomic mass is 16.2. The summed E-state index contributed by atoms with van der Waals surface area (Å²) in [6, 6.07) is 0.502. The SMILES string of the molecule is CCCN1CCC(NC(C)C(=O)N2CCCCC2)CC1. The maximum absolute atomic E-state index is 12.4. The number of likely N-dealkylation sites (tertiary alicyclic amines) is 2. The molecule has 2 rings (SSSR count). The fourth-order valence-corrected chi connectivity index (χ4v) is 3.45. The predicted molar refractivity (Wildman–Crippen MR) is 82.8 cm³/mol. The van der Waals surface area contributed by atoms with E-state index >= 15 is 0 Å². The Labute approximate surface area is 123 Å². The maximum Gasteiger partial charge on any atom is 0.239 e. The van der Waals surface area contributed by atoms with Gasteiger partial charge in [0.2, 0.25) is 5.91 Å². The molecule has 1 unspecified atom stereocenters. The lowest BCUT2D eigenvalue weighted by Gasteiger charge is -2.35. The molecule has 1 amide bonds. The van der Waals surface area contributed by atoms with E-state index in [4.69, 9.17) is 0 Å². The van der Waals surface area contributed by atoms with Gasteiger partial charge in [-0.15, -0.1) is 0 Å². The lowest BCUT2D eigenvalue weighted by molar-refractivity contribution is -0.134. The summed E-state index contributed by atoms with van der Waals surface area (Å²) in [6.07, 6.45) is 7.22. The number of piperidine rings is 2. The van der Waals surface area contributed by atoms with Gasteiger partial charge < -0.3 is 15.1 Å². The van der Waals surface area contributed by atoms with Crippen molar-refractivity contribution < 1.29 is 4.79 Å². The molecule has 0 spiro atoms. The Morgan fingerprint density at radius 2 is 1.80 bits per heavy atom. The average Bonchev–Trinajstić information content (AvgIpc) is 2.49. The van der Waals surface area contributed by atoms with Gasteiger partial charge in [0.05, 0.1) is 6.04 Å². The van der Waals surface area contributed by atoms with Crippen molar-refractivity contribution >= 4 is 5.91 Å². The molecule has 2 fully saturated rings.